The van der Waals surface area contributed by atoms with Crippen molar-refractivity contribution in [3.05, 3.63) is 58.9 Å². The molecule has 3 heterocycles. The van der Waals surface area contributed by atoms with Crippen molar-refractivity contribution < 1.29 is 14.3 Å². The molecule has 2 amide bonds. The van der Waals surface area contributed by atoms with E-state index in [9.17, 15) is 9.59 Å². The zero-order chi connectivity index (χ0) is 22.9. The number of ether oxygens (including phenoxy) is 1. The van der Waals surface area contributed by atoms with Crippen molar-refractivity contribution in [1.82, 2.24) is 15.2 Å². The van der Waals surface area contributed by atoms with Crippen LogP contribution in [0.5, 0.6) is 0 Å². The van der Waals surface area contributed by atoms with Gasteiger partial charge in [-0.15, -0.1) is 0 Å². The SMILES string of the molecule is C[C@@H]1C[C@H](N2C(=N)N[C@](C)(c3cccc(NC(=O)c4ccncc4)c3Cl)CC2=O)CCO1. The number of nitrogens with one attached hydrogen (secondary N) is 3. The molecule has 2 fully saturated rings. The molecule has 0 unspecified atom stereocenters. The number of halogens is 1. The van der Waals surface area contributed by atoms with Gasteiger partial charge < -0.3 is 15.4 Å². The molecule has 0 bridgehead atoms. The molecule has 0 radical (unpaired) electrons. The monoisotopic (exact) mass is 455 g/mol. The van der Waals surface area contributed by atoms with Crippen molar-refractivity contribution >= 4 is 35.1 Å². The highest BCUT2D eigenvalue weighted by molar-refractivity contribution is 6.35. The van der Waals surface area contributed by atoms with Crippen molar-refractivity contribution in [2.75, 3.05) is 11.9 Å². The maximum Gasteiger partial charge on any atom is 0.255 e. The van der Waals surface area contributed by atoms with E-state index in [0.717, 1.165) is 0 Å². The Morgan fingerprint density at radius 3 is 2.78 bits per heavy atom. The first-order valence-corrected chi connectivity index (χ1v) is 11.0. The summed E-state index contributed by atoms with van der Waals surface area (Å²) < 4.78 is 5.59. The highest BCUT2D eigenvalue weighted by Crippen LogP contribution is 2.38. The number of nitrogens with zero attached hydrogens (tertiary/aromatic N) is 2. The second-order valence-electron chi connectivity index (χ2n) is 8.46. The summed E-state index contributed by atoms with van der Waals surface area (Å²) in [5.41, 5.74) is 0.663. The van der Waals surface area contributed by atoms with Crippen LogP contribution in [0.4, 0.5) is 5.69 Å². The van der Waals surface area contributed by atoms with Gasteiger partial charge in [-0.2, -0.15) is 0 Å². The summed E-state index contributed by atoms with van der Waals surface area (Å²) >= 11 is 6.68. The second-order valence-corrected chi connectivity index (χ2v) is 8.84. The van der Waals surface area contributed by atoms with Crippen molar-refractivity contribution in [3.8, 4) is 0 Å². The molecule has 3 atom stereocenters. The Kier molecular flexibility index (Phi) is 6.17. The quantitative estimate of drug-likeness (QED) is 0.653. The molecule has 9 heteroatoms. The van der Waals surface area contributed by atoms with Crippen LogP contribution in [0, 0.1) is 5.41 Å². The van der Waals surface area contributed by atoms with Crippen LogP contribution in [0.25, 0.3) is 0 Å². The molecular weight excluding hydrogens is 430 g/mol. The predicted molar refractivity (Wildman–Crippen MR) is 122 cm³/mol. The standard InChI is InChI=1S/C23H26ClN5O3/c1-14-12-16(8-11-32-14)29-19(30)13-23(2,28-22(29)25)17-4-3-5-18(20(17)24)27-21(31)15-6-9-26-10-7-15/h3-7,9-10,14,16H,8,11-13H2,1-2H3,(H2,25,28)(H,27,31)/t14-,16-,23+/m1/s1. The smallest absolute Gasteiger partial charge is 0.255 e. The van der Waals surface area contributed by atoms with Crippen LogP contribution in [0.1, 0.15) is 49.0 Å². The molecule has 2 aliphatic heterocycles. The lowest BCUT2D eigenvalue weighted by atomic mass is 9.85. The zero-order valence-electron chi connectivity index (χ0n) is 18.0. The predicted octanol–water partition coefficient (Wildman–Crippen LogP) is 3.53. The summed E-state index contributed by atoms with van der Waals surface area (Å²) in [5, 5.41) is 14.9. The number of amides is 2. The number of anilines is 1. The van der Waals surface area contributed by atoms with Crippen LogP contribution in [0.3, 0.4) is 0 Å². The minimum atomic E-state index is -0.879. The highest BCUT2D eigenvalue weighted by Gasteiger charge is 2.43. The van der Waals surface area contributed by atoms with E-state index in [0.29, 0.717) is 41.3 Å². The molecule has 3 N–H and O–H groups in total. The van der Waals surface area contributed by atoms with Gasteiger partial charge in [0.15, 0.2) is 5.96 Å². The average molecular weight is 456 g/mol. The van der Waals surface area contributed by atoms with Gasteiger partial charge in [-0.05, 0) is 50.5 Å². The van der Waals surface area contributed by atoms with Gasteiger partial charge in [0.05, 0.1) is 28.8 Å². The minimum Gasteiger partial charge on any atom is -0.378 e. The topological polar surface area (TPSA) is 107 Å². The van der Waals surface area contributed by atoms with Crippen molar-refractivity contribution in [1.29, 1.82) is 5.41 Å². The third-order valence-corrected chi connectivity index (χ3v) is 6.42. The normalized spacial score (nSPS) is 25.9. The molecular formula is C23H26ClN5O3. The van der Waals surface area contributed by atoms with E-state index in [2.05, 4.69) is 15.6 Å². The molecule has 1 aromatic carbocycles. The number of pyridine rings is 1. The number of carbonyl (C=O) groups is 2. The van der Waals surface area contributed by atoms with Crippen LogP contribution in [0.15, 0.2) is 42.7 Å². The number of aromatic nitrogens is 1. The fourth-order valence-electron chi connectivity index (χ4n) is 4.39. The molecule has 2 aliphatic rings. The van der Waals surface area contributed by atoms with Gasteiger partial charge in [-0.1, -0.05) is 23.7 Å². The summed E-state index contributed by atoms with van der Waals surface area (Å²) in [6.45, 7) is 4.40. The minimum absolute atomic E-state index is 0.0535. The molecule has 2 aromatic rings. The van der Waals surface area contributed by atoms with Gasteiger partial charge in [0.25, 0.3) is 5.91 Å². The molecule has 0 aliphatic carbocycles. The van der Waals surface area contributed by atoms with Gasteiger partial charge in [-0.25, -0.2) is 0 Å². The van der Waals surface area contributed by atoms with E-state index in [4.69, 9.17) is 21.7 Å². The maximum absolute atomic E-state index is 13.1. The Morgan fingerprint density at radius 2 is 2.09 bits per heavy atom. The number of benzene rings is 1. The third kappa shape index (κ3) is 4.33. The summed E-state index contributed by atoms with van der Waals surface area (Å²) in [6, 6.07) is 8.46. The zero-order valence-corrected chi connectivity index (χ0v) is 18.8. The highest BCUT2D eigenvalue weighted by atomic mass is 35.5. The first-order chi connectivity index (χ1) is 15.3. The molecule has 2 saturated heterocycles. The van der Waals surface area contributed by atoms with E-state index in [1.807, 2.05) is 19.9 Å². The summed E-state index contributed by atoms with van der Waals surface area (Å²) in [5.74, 6) is -0.375. The largest absolute Gasteiger partial charge is 0.378 e. The van der Waals surface area contributed by atoms with E-state index >= 15 is 0 Å². The fourth-order valence-corrected chi connectivity index (χ4v) is 4.77. The first kappa shape index (κ1) is 22.2. The van der Waals surface area contributed by atoms with Gasteiger partial charge in [-0.3, -0.25) is 24.9 Å². The van der Waals surface area contributed by atoms with Crippen LogP contribution < -0.4 is 10.6 Å². The molecule has 0 spiro atoms. The van der Waals surface area contributed by atoms with E-state index < -0.39 is 5.54 Å². The molecule has 0 saturated carbocycles. The molecule has 32 heavy (non-hydrogen) atoms. The summed E-state index contributed by atoms with van der Waals surface area (Å²) in [6.07, 6.45) is 4.68. The number of guanidine groups is 1. The Balaban J connectivity index is 1.56. The lowest BCUT2D eigenvalue weighted by Gasteiger charge is -2.45. The second kappa shape index (κ2) is 8.88. The molecule has 8 nitrogen and oxygen atoms in total. The van der Waals surface area contributed by atoms with Crippen LogP contribution in [-0.4, -0.2) is 46.4 Å². The Hall–Kier alpha value is -2.97. The van der Waals surface area contributed by atoms with Gasteiger partial charge in [0, 0.05) is 30.6 Å². The molecule has 1 aromatic heterocycles. The average Bonchev–Trinajstić information content (AvgIpc) is 2.75. The van der Waals surface area contributed by atoms with E-state index in [-0.39, 0.29) is 36.3 Å². The van der Waals surface area contributed by atoms with Gasteiger partial charge >= 0.3 is 0 Å². The number of hydrogen-bond donors (Lipinski definition) is 3. The lowest BCUT2D eigenvalue weighted by molar-refractivity contribution is -0.134. The Labute approximate surface area is 191 Å². The fraction of sp³-hybridized carbons (Fsp3) is 0.391. The van der Waals surface area contributed by atoms with Crippen LogP contribution >= 0.6 is 11.6 Å². The lowest BCUT2D eigenvalue weighted by Crippen LogP contribution is -2.63. The maximum atomic E-state index is 13.1. The third-order valence-electron chi connectivity index (χ3n) is 6.02. The van der Waals surface area contributed by atoms with Crippen molar-refractivity contribution in [2.45, 2.75) is 50.8 Å². The Morgan fingerprint density at radius 1 is 1.34 bits per heavy atom. The number of carbonyl (C=O) groups excluding carboxylic acids is 2. The number of hydrogen-bond acceptors (Lipinski definition) is 5. The van der Waals surface area contributed by atoms with E-state index in [1.54, 1.807) is 41.6 Å². The van der Waals surface area contributed by atoms with Crippen LogP contribution in [-0.2, 0) is 15.1 Å². The van der Waals surface area contributed by atoms with Gasteiger partial charge in [0.1, 0.15) is 0 Å². The summed E-state index contributed by atoms with van der Waals surface area (Å²) in [4.78, 5) is 31.2. The van der Waals surface area contributed by atoms with Crippen molar-refractivity contribution in [3.63, 3.8) is 0 Å². The first-order valence-electron chi connectivity index (χ1n) is 10.6. The number of rotatable bonds is 4. The molecule has 168 valence electrons. The van der Waals surface area contributed by atoms with Crippen molar-refractivity contribution in [2.24, 2.45) is 0 Å². The molecule has 4 rings (SSSR count). The Bertz CT molecular complexity index is 1030. The van der Waals surface area contributed by atoms with Gasteiger partial charge in [0.2, 0.25) is 5.91 Å². The van der Waals surface area contributed by atoms with Crippen LogP contribution in [0.2, 0.25) is 5.02 Å². The summed E-state index contributed by atoms with van der Waals surface area (Å²) in [7, 11) is 0. The van der Waals surface area contributed by atoms with E-state index in [1.165, 1.54) is 0 Å².